The number of aryl methyl sites for hydroxylation is 1. The topological polar surface area (TPSA) is 41.1 Å². The predicted molar refractivity (Wildman–Crippen MR) is 74.7 cm³/mol. The number of anilines is 1. The van der Waals surface area contributed by atoms with Gasteiger partial charge in [-0.25, -0.2) is 0 Å². The van der Waals surface area contributed by atoms with E-state index in [9.17, 15) is 4.79 Å². The van der Waals surface area contributed by atoms with E-state index in [-0.39, 0.29) is 11.9 Å². The Morgan fingerprint density at radius 1 is 1.22 bits per heavy atom. The quantitative estimate of drug-likeness (QED) is 0.857. The van der Waals surface area contributed by atoms with Crippen LogP contribution in [0.15, 0.2) is 24.3 Å². The minimum atomic E-state index is -0.130. The van der Waals surface area contributed by atoms with E-state index < -0.39 is 0 Å². The van der Waals surface area contributed by atoms with Crippen molar-refractivity contribution in [3.63, 3.8) is 0 Å². The fourth-order valence-corrected chi connectivity index (χ4v) is 2.41. The largest absolute Gasteiger partial charge is 0.325 e. The minimum absolute atomic E-state index is 0.0470. The summed E-state index contributed by atoms with van der Waals surface area (Å²) in [4.78, 5) is 12.0. The van der Waals surface area contributed by atoms with Crippen LogP contribution in [-0.2, 0) is 4.79 Å². The smallest absolute Gasteiger partial charge is 0.241 e. The van der Waals surface area contributed by atoms with Gasteiger partial charge in [0.2, 0.25) is 5.91 Å². The van der Waals surface area contributed by atoms with Crippen molar-refractivity contribution in [3.8, 4) is 0 Å². The van der Waals surface area contributed by atoms with Crippen molar-refractivity contribution in [1.82, 2.24) is 5.32 Å². The van der Waals surface area contributed by atoms with Crippen molar-refractivity contribution in [1.29, 1.82) is 0 Å². The Hall–Kier alpha value is -1.35. The molecule has 0 aliphatic heterocycles. The molecule has 18 heavy (non-hydrogen) atoms. The molecule has 1 aliphatic carbocycles. The van der Waals surface area contributed by atoms with Crippen molar-refractivity contribution in [2.75, 3.05) is 5.32 Å². The first-order valence-corrected chi connectivity index (χ1v) is 6.79. The fourth-order valence-electron chi connectivity index (χ4n) is 2.41. The molecule has 0 spiro atoms. The van der Waals surface area contributed by atoms with Gasteiger partial charge in [0.15, 0.2) is 0 Å². The van der Waals surface area contributed by atoms with Crippen molar-refractivity contribution in [2.24, 2.45) is 0 Å². The molecule has 1 saturated carbocycles. The number of carbonyl (C=O) groups excluding carboxylic acids is 1. The first-order chi connectivity index (χ1) is 8.65. The summed E-state index contributed by atoms with van der Waals surface area (Å²) in [5.74, 6) is 0.0470. The Labute approximate surface area is 109 Å². The van der Waals surface area contributed by atoms with Crippen LogP contribution in [0.2, 0.25) is 0 Å². The Morgan fingerprint density at radius 3 is 2.44 bits per heavy atom. The van der Waals surface area contributed by atoms with E-state index in [2.05, 4.69) is 10.6 Å². The zero-order chi connectivity index (χ0) is 13.0. The Bertz CT molecular complexity index is 393. The maximum Gasteiger partial charge on any atom is 0.241 e. The molecular formula is C15H22N2O. The zero-order valence-electron chi connectivity index (χ0n) is 11.2. The van der Waals surface area contributed by atoms with Gasteiger partial charge in [-0.3, -0.25) is 4.79 Å². The van der Waals surface area contributed by atoms with Crippen molar-refractivity contribution in [3.05, 3.63) is 29.8 Å². The third-order valence-corrected chi connectivity index (χ3v) is 3.55. The third kappa shape index (κ3) is 3.57. The van der Waals surface area contributed by atoms with E-state index in [0.29, 0.717) is 6.04 Å². The molecule has 1 unspecified atom stereocenters. The van der Waals surface area contributed by atoms with Crippen LogP contribution in [0.25, 0.3) is 0 Å². The molecule has 3 heteroatoms. The fraction of sp³-hybridized carbons (Fsp3) is 0.533. The highest BCUT2D eigenvalue weighted by atomic mass is 16.2. The highest BCUT2D eigenvalue weighted by Crippen LogP contribution is 2.18. The molecule has 1 amide bonds. The van der Waals surface area contributed by atoms with Gasteiger partial charge in [0, 0.05) is 11.7 Å². The minimum Gasteiger partial charge on any atom is -0.325 e. The molecular weight excluding hydrogens is 224 g/mol. The molecule has 1 aromatic rings. The van der Waals surface area contributed by atoms with Crippen LogP contribution in [0.5, 0.6) is 0 Å². The zero-order valence-corrected chi connectivity index (χ0v) is 11.2. The Balaban J connectivity index is 1.84. The predicted octanol–water partition coefficient (Wildman–Crippen LogP) is 2.85. The lowest BCUT2D eigenvalue weighted by Crippen LogP contribution is -2.42. The molecule has 0 heterocycles. The van der Waals surface area contributed by atoms with Crippen LogP contribution in [0, 0.1) is 6.92 Å². The lowest BCUT2D eigenvalue weighted by atomic mass is 10.2. The van der Waals surface area contributed by atoms with E-state index in [0.717, 1.165) is 5.69 Å². The van der Waals surface area contributed by atoms with Gasteiger partial charge < -0.3 is 10.6 Å². The summed E-state index contributed by atoms with van der Waals surface area (Å²) in [7, 11) is 0. The summed E-state index contributed by atoms with van der Waals surface area (Å²) in [6, 6.07) is 8.28. The second kappa shape index (κ2) is 6.01. The molecule has 2 rings (SSSR count). The average Bonchev–Trinajstić information content (AvgIpc) is 2.85. The number of carbonyl (C=O) groups is 1. The van der Waals surface area contributed by atoms with E-state index >= 15 is 0 Å². The molecule has 1 aromatic carbocycles. The second-order valence-electron chi connectivity index (χ2n) is 5.23. The van der Waals surface area contributed by atoms with Gasteiger partial charge in [-0.2, -0.15) is 0 Å². The molecule has 1 fully saturated rings. The lowest BCUT2D eigenvalue weighted by molar-refractivity contribution is -0.117. The standard InChI is InChI=1S/C15H22N2O/c1-11-7-9-14(10-8-11)17-15(18)12(2)16-13-5-3-4-6-13/h7-10,12-13,16H,3-6H2,1-2H3,(H,17,18). The van der Waals surface area contributed by atoms with Gasteiger partial charge in [0.25, 0.3) is 0 Å². The van der Waals surface area contributed by atoms with Crippen LogP contribution in [0.3, 0.4) is 0 Å². The van der Waals surface area contributed by atoms with E-state index in [1.807, 2.05) is 38.1 Å². The molecule has 3 nitrogen and oxygen atoms in total. The summed E-state index contributed by atoms with van der Waals surface area (Å²) in [6.07, 6.45) is 4.96. The van der Waals surface area contributed by atoms with E-state index in [1.165, 1.54) is 31.2 Å². The highest BCUT2D eigenvalue weighted by molar-refractivity contribution is 5.94. The van der Waals surface area contributed by atoms with Gasteiger partial charge in [-0.1, -0.05) is 30.5 Å². The monoisotopic (exact) mass is 246 g/mol. The van der Waals surface area contributed by atoms with Crippen molar-refractivity contribution in [2.45, 2.75) is 51.6 Å². The summed E-state index contributed by atoms with van der Waals surface area (Å²) in [6.45, 7) is 3.97. The first-order valence-electron chi connectivity index (χ1n) is 6.79. The van der Waals surface area contributed by atoms with Crippen molar-refractivity contribution < 1.29 is 4.79 Å². The maximum absolute atomic E-state index is 12.0. The van der Waals surface area contributed by atoms with Crippen LogP contribution in [0.4, 0.5) is 5.69 Å². The van der Waals surface area contributed by atoms with Gasteiger partial charge in [0.1, 0.15) is 0 Å². The number of hydrogen-bond donors (Lipinski definition) is 2. The molecule has 0 saturated heterocycles. The number of benzene rings is 1. The Kier molecular flexibility index (Phi) is 4.37. The van der Waals surface area contributed by atoms with Crippen LogP contribution in [-0.4, -0.2) is 18.0 Å². The average molecular weight is 246 g/mol. The van der Waals surface area contributed by atoms with Crippen LogP contribution < -0.4 is 10.6 Å². The number of amides is 1. The number of hydrogen-bond acceptors (Lipinski definition) is 2. The Morgan fingerprint density at radius 2 is 1.83 bits per heavy atom. The van der Waals surface area contributed by atoms with Gasteiger partial charge in [0.05, 0.1) is 6.04 Å². The summed E-state index contributed by atoms with van der Waals surface area (Å²) in [5.41, 5.74) is 2.07. The lowest BCUT2D eigenvalue weighted by Gasteiger charge is -2.18. The van der Waals surface area contributed by atoms with E-state index in [4.69, 9.17) is 0 Å². The third-order valence-electron chi connectivity index (χ3n) is 3.55. The van der Waals surface area contributed by atoms with E-state index in [1.54, 1.807) is 0 Å². The molecule has 0 aromatic heterocycles. The SMILES string of the molecule is Cc1ccc(NC(=O)C(C)NC2CCCC2)cc1. The molecule has 98 valence electrons. The number of rotatable bonds is 4. The molecule has 1 atom stereocenters. The molecule has 2 N–H and O–H groups in total. The molecule has 0 radical (unpaired) electrons. The van der Waals surface area contributed by atoms with Gasteiger partial charge in [-0.15, -0.1) is 0 Å². The summed E-state index contributed by atoms with van der Waals surface area (Å²) >= 11 is 0. The van der Waals surface area contributed by atoms with Crippen LogP contribution in [0.1, 0.15) is 38.2 Å². The van der Waals surface area contributed by atoms with Crippen LogP contribution >= 0.6 is 0 Å². The molecule has 1 aliphatic rings. The first kappa shape index (κ1) is 13.1. The normalized spacial score (nSPS) is 17.7. The highest BCUT2D eigenvalue weighted by Gasteiger charge is 2.20. The van der Waals surface area contributed by atoms with Crippen molar-refractivity contribution >= 4 is 11.6 Å². The summed E-state index contributed by atoms with van der Waals surface area (Å²) in [5, 5.41) is 6.34. The van der Waals surface area contributed by atoms with Gasteiger partial charge >= 0.3 is 0 Å². The maximum atomic E-state index is 12.0. The van der Waals surface area contributed by atoms with Gasteiger partial charge in [-0.05, 0) is 38.8 Å². The summed E-state index contributed by atoms with van der Waals surface area (Å²) < 4.78 is 0. The molecule has 0 bridgehead atoms. The number of nitrogens with one attached hydrogen (secondary N) is 2. The second-order valence-corrected chi connectivity index (χ2v) is 5.23.